The average Bonchev–Trinajstić information content (AvgIpc) is 2.98. The summed E-state index contributed by atoms with van der Waals surface area (Å²) in [6, 6.07) is 2.03. The Morgan fingerprint density at radius 2 is 2.26 bits per heavy atom. The number of hydrogen-bond donors (Lipinski definition) is 1. The Bertz CT molecular complexity index is 440. The van der Waals surface area contributed by atoms with E-state index in [4.69, 9.17) is 10.5 Å². The summed E-state index contributed by atoms with van der Waals surface area (Å²) >= 11 is 5.21. The third-order valence-electron chi connectivity index (χ3n) is 4.05. The van der Waals surface area contributed by atoms with E-state index in [9.17, 15) is 4.79 Å². The topological polar surface area (TPSA) is 52.3 Å². The van der Waals surface area contributed by atoms with Gasteiger partial charge in [0.2, 0.25) is 0 Å². The third-order valence-corrected chi connectivity index (χ3v) is 6.05. The first-order chi connectivity index (χ1) is 9.06. The number of carbonyl (C=O) groups excluding carboxylic acids is 1. The van der Waals surface area contributed by atoms with Crippen molar-refractivity contribution in [3.63, 3.8) is 0 Å². The quantitative estimate of drug-likeness (QED) is 0.819. The summed E-state index contributed by atoms with van der Waals surface area (Å²) < 4.78 is 5.93. The van der Waals surface area contributed by atoms with Gasteiger partial charge in [-0.15, -0.1) is 11.3 Å². The van der Waals surface area contributed by atoms with E-state index in [1.54, 1.807) is 11.3 Å². The van der Waals surface area contributed by atoms with Gasteiger partial charge in [0, 0.05) is 15.4 Å². The molecule has 0 bridgehead atoms. The highest BCUT2D eigenvalue weighted by Gasteiger charge is 2.38. The number of nitrogens with two attached hydrogens (primary N) is 1. The molecule has 1 atom stereocenters. The number of ether oxygens (including phenoxy) is 1. The van der Waals surface area contributed by atoms with Crippen molar-refractivity contribution in [3.8, 4) is 0 Å². The fraction of sp³-hybridized carbons (Fsp3) is 0.643. The minimum Gasteiger partial charge on any atom is -0.469 e. The molecule has 2 N–H and O–H groups in total. The molecule has 1 aliphatic rings. The van der Waals surface area contributed by atoms with Gasteiger partial charge in [-0.3, -0.25) is 4.79 Å². The molecule has 0 amide bonds. The van der Waals surface area contributed by atoms with Gasteiger partial charge in [0.15, 0.2) is 0 Å². The summed E-state index contributed by atoms with van der Waals surface area (Å²) in [5.74, 6) is -0.112. The van der Waals surface area contributed by atoms with Crippen LogP contribution in [0.1, 0.15) is 49.4 Å². The Morgan fingerprint density at radius 3 is 2.79 bits per heavy atom. The van der Waals surface area contributed by atoms with Crippen LogP contribution < -0.4 is 5.73 Å². The van der Waals surface area contributed by atoms with Crippen LogP contribution in [0.5, 0.6) is 0 Å². The lowest BCUT2D eigenvalue weighted by molar-refractivity contribution is -0.143. The summed E-state index contributed by atoms with van der Waals surface area (Å²) in [5.41, 5.74) is 6.39. The highest BCUT2D eigenvalue weighted by Crippen LogP contribution is 2.48. The van der Waals surface area contributed by atoms with E-state index in [1.165, 1.54) is 24.8 Å². The summed E-state index contributed by atoms with van der Waals surface area (Å²) in [4.78, 5) is 12.8. The van der Waals surface area contributed by atoms with Crippen molar-refractivity contribution in [1.82, 2.24) is 0 Å². The Labute approximate surface area is 126 Å². The monoisotopic (exact) mass is 345 g/mol. The van der Waals surface area contributed by atoms with E-state index in [1.807, 2.05) is 11.4 Å². The highest BCUT2D eigenvalue weighted by atomic mass is 79.9. The van der Waals surface area contributed by atoms with Crippen molar-refractivity contribution >= 4 is 33.2 Å². The molecule has 1 unspecified atom stereocenters. The first-order valence-electron chi connectivity index (χ1n) is 6.62. The number of thiophene rings is 1. The molecule has 19 heavy (non-hydrogen) atoms. The molecule has 0 aliphatic heterocycles. The normalized spacial score (nSPS) is 19.3. The van der Waals surface area contributed by atoms with E-state index in [0.29, 0.717) is 6.42 Å². The molecule has 0 spiro atoms. The lowest BCUT2D eigenvalue weighted by Gasteiger charge is -2.30. The lowest BCUT2D eigenvalue weighted by Crippen LogP contribution is -2.27. The predicted octanol–water partition coefficient (Wildman–Crippen LogP) is 4.02. The zero-order chi connectivity index (χ0) is 13.9. The molecule has 0 aromatic carbocycles. The smallest absolute Gasteiger partial charge is 0.306 e. The standard InChI is InChI=1S/C14H20BrNO2S/c1-18-12(17)9-14(5-2-3-6-14)8-11(16)13-10(15)4-7-19-13/h4,7,11H,2-3,5-6,8-9,16H2,1H3. The van der Waals surface area contributed by atoms with Gasteiger partial charge in [-0.1, -0.05) is 12.8 Å². The second kappa shape index (κ2) is 6.37. The van der Waals surface area contributed by atoms with Crippen LogP contribution in [0.3, 0.4) is 0 Å². The second-order valence-corrected chi connectivity index (χ2v) is 7.21. The predicted molar refractivity (Wildman–Crippen MR) is 81.1 cm³/mol. The summed E-state index contributed by atoms with van der Waals surface area (Å²) in [6.45, 7) is 0. The Balaban J connectivity index is 2.08. The second-order valence-electron chi connectivity index (χ2n) is 5.40. The van der Waals surface area contributed by atoms with Crippen LogP contribution in [0.4, 0.5) is 0 Å². The number of halogens is 1. The highest BCUT2D eigenvalue weighted by molar-refractivity contribution is 9.10. The first-order valence-corrected chi connectivity index (χ1v) is 8.29. The van der Waals surface area contributed by atoms with Gasteiger partial charge in [-0.25, -0.2) is 0 Å². The molecular formula is C14H20BrNO2S. The lowest BCUT2D eigenvalue weighted by atomic mass is 9.77. The molecule has 3 nitrogen and oxygen atoms in total. The number of methoxy groups -OCH3 is 1. The SMILES string of the molecule is COC(=O)CC1(CC(N)c2sccc2Br)CCCC1. The van der Waals surface area contributed by atoms with Crippen molar-refractivity contribution in [2.24, 2.45) is 11.1 Å². The van der Waals surface area contributed by atoms with Gasteiger partial charge in [0.25, 0.3) is 0 Å². The Morgan fingerprint density at radius 1 is 1.58 bits per heavy atom. The minimum atomic E-state index is -0.112. The number of rotatable bonds is 5. The van der Waals surface area contributed by atoms with Crippen molar-refractivity contribution in [2.45, 2.75) is 44.6 Å². The maximum Gasteiger partial charge on any atom is 0.306 e. The van der Waals surface area contributed by atoms with E-state index < -0.39 is 0 Å². The first kappa shape index (κ1) is 15.0. The molecule has 1 aromatic rings. The van der Waals surface area contributed by atoms with Crippen molar-refractivity contribution in [2.75, 3.05) is 7.11 Å². The van der Waals surface area contributed by atoms with E-state index in [-0.39, 0.29) is 17.4 Å². The van der Waals surface area contributed by atoms with Crippen LogP contribution in [-0.4, -0.2) is 13.1 Å². The Hall–Kier alpha value is -0.390. The van der Waals surface area contributed by atoms with Crippen LogP contribution in [0.15, 0.2) is 15.9 Å². The van der Waals surface area contributed by atoms with Gasteiger partial charge in [-0.05, 0) is 52.1 Å². The minimum absolute atomic E-state index is 0.00266. The molecule has 1 aromatic heterocycles. The average molecular weight is 346 g/mol. The van der Waals surface area contributed by atoms with E-state index in [0.717, 1.165) is 23.7 Å². The molecule has 1 heterocycles. The molecule has 1 aliphatic carbocycles. The maximum absolute atomic E-state index is 11.6. The van der Waals surface area contributed by atoms with Crippen LogP contribution in [-0.2, 0) is 9.53 Å². The fourth-order valence-corrected chi connectivity index (χ4v) is 4.76. The van der Waals surface area contributed by atoms with Gasteiger partial charge < -0.3 is 10.5 Å². The zero-order valence-electron chi connectivity index (χ0n) is 11.2. The zero-order valence-corrected chi connectivity index (χ0v) is 13.6. The summed E-state index contributed by atoms with van der Waals surface area (Å²) in [7, 11) is 1.46. The summed E-state index contributed by atoms with van der Waals surface area (Å²) in [5, 5.41) is 2.04. The molecule has 0 saturated heterocycles. The van der Waals surface area contributed by atoms with Crippen LogP contribution in [0, 0.1) is 5.41 Å². The van der Waals surface area contributed by atoms with Crippen molar-refractivity contribution in [1.29, 1.82) is 0 Å². The third kappa shape index (κ3) is 3.58. The molecular weight excluding hydrogens is 326 g/mol. The summed E-state index contributed by atoms with van der Waals surface area (Å²) in [6.07, 6.45) is 5.91. The number of carbonyl (C=O) groups is 1. The van der Waals surface area contributed by atoms with E-state index >= 15 is 0 Å². The van der Waals surface area contributed by atoms with Gasteiger partial charge >= 0.3 is 5.97 Å². The molecule has 2 rings (SSSR count). The van der Waals surface area contributed by atoms with Gasteiger partial charge in [0.05, 0.1) is 13.5 Å². The molecule has 1 fully saturated rings. The molecule has 106 valence electrons. The number of hydrogen-bond acceptors (Lipinski definition) is 4. The van der Waals surface area contributed by atoms with Gasteiger partial charge in [-0.2, -0.15) is 0 Å². The maximum atomic E-state index is 11.6. The van der Waals surface area contributed by atoms with Crippen LogP contribution in [0.2, 0.25) is 0 Å². The molecule has 5 heteroatoms. The Kier molecular flexibility index (Phi) is 5.03. The fourth-order valence-electron chi connectivity index (χ4n) is 3.09. The van der Waals surface area contributed by atoms with Crippen molar-refractivity contribution < 1.29 is 9.53 Å². The van der Waals surface area contributed by atoms with E-state index in [2.05, 4.69) is 15.9 Å². The van der Waals surface area contributed by atoms with Crippen molar-refractivity contribution in [3.05, 3.63) is 20.8 Å². The molecule has 0 radical (unpaired) electrons. The molecule has 1 saturated carbocycles. The van der Waals surface area contributed by atoms with Crippen LogP contribution >= 0.6 is 27.3 Å². The number of esters is 1. The largest absolute Gasteiger partial charge is 0.469 e. The van der Waals surface area contributed by atoms with Crippen LogP contribution in [0.25, 0.3) is 0 Å². The van der Waals surface area contributed by atoms with Gasteiger partial charge in [0.1, 0.15) is 0 Å².